The summed E-state index contributed by atoms with van der Waals surface area (Å²) in [5, 5.41) is 24.0. The lowest BCUT2D eigenvalue weighted by Gasteiger charge is -1.98. The maximum absolute atomic E-state index is 11.7. The van der Waals surface area contributed by atoms with Crippen LogP contribution in [0.25, 0.3) is 0 Å². The van der Waals surface area contributed by atoms with Crippen LogP contribution in [0.4, 0.5) is 10.3 Å². The van der Waals surface area contributed by atoms with Crippen molar-refractivity contribution >= 4 is 44.8 Å². The molecule has 136 valence electrons. The number of carbonyl (C=O) groups excluding carboxylic acids is 2. The van der Waals surface area contributed by atoms with E-state index in [1.807, 2.05) is 13.8 Å². The van der Waals surface area contributed by atoms with Gasteiger partial charge in [-0.2, -0.15) is 0 Å². The van der Waals surface area contributed by atoms with E-state index in [4.69, 9.17) is 0 Å². The summed E-state index contributed by atoms with van der Waals surface area (Å²) >= 11 is 2.64. The van der Waals surface area contributed by atoms with Gasteiger partial charge in [-0.1, -0.05) is 49.4 Å². The molecule has 0 radical (unpaired) electrons. The van der Waals surface area contributed by atoms with Gasteiger partial charge in [0.05, 0.1) is 6.42 Å². The van der Waals surface area contributed by atoms with Gasteiger partial charge in [0, 0.05) is 12.8 Å². The van der Waals surface area contributed by atoms with Crippen molar-refractivity contribution < 1.29 is 9.59 Å². The average molecular weight is 383 g/mol. The Morgan fingerprint density at radius 3 is 1.64 bits per heavy atom. The van der Waals surface area contributed by atoms with Crippen molar-refractivity contribution in [3.63, 3.8) is 0 Å². The van der Waals surface area contributed by atoms with Crippen LogP contribution in [0.3, 0.4) is 0 Å². The minimum absolute atomic E-state index is 0.0439. The highest BCUT2D eigenvalue weighted by Crippen LogP contribution is 2.22. The van der Waals surface area contributed by atoms with Crippen LogP contribution in [-0.2, 0) is 16.0 Å². The Labute approximate surface area is 154 Å². The van der Waals surface area contributed by atoms with Crippen molar-refractivity contribution in [2.75, 3.05) is 10.6 Å². The number of rotatable bonds is 10. The second-order valence-corrected chi connectivity index (χ2v) is 7.61. The summed E-state index contributed by atoms with van der Waals surface area (Å²) in [5.74, 6) is -0.0879. The van der Waals surface area contributed by atoms with Crippen LogP contribution in [0.2, 0.25) is 0 Å². The van der Waals surface area contributed by atoms with Crippen molar-refractivity contribution in [1.82, 2.24) is 20.4 Å². The molecule has 0 aliphatic heterocycles. The molecular formula is C15H22N6O2S2. The number of hydrogen-bond donors (Lipinski definition) is 2. The Hall–Kier alpha value is -1.94. The van der Waals surface area contributed by atoms with Gasteiger partial charge in [0.15, 0.2) is 0 Å². The summed E-state index contributed by atoms with van der Waals surface area (Å²) in [6.45, 7) is 4.08. The second-order valence-electron chi connectivity index (χ2n) is 5.48. The Bertz CT molecular complexity index is 642. The smallest absolute Gasteiger partial charge is 0.226 e. The van der Waals surface area contributed by atoms with Gasteiger partial charge in [0.2, 0.25) is 22.1 Å². The van der Waals surface area contributed by atoms with Gasteiger partial charge < -0.3 is 10.6 Å². The fourth-order valence-corrected chi connectivity index (χ4v) is 3.53. The van der Waals surface area contributed by atoms with Crippen molar-refractivity contribution in [2.24, 2.45) is 0 Å². The molecule has 0 aliphatic carbocycles. The van der Waals surface area contributed by atoms with Gasteiger partial charge in [-0.3, -0.25) is 9.59 Å². The molecule has 0 saturated carbocycles. The normalized spacial score (nSPS) is 10.6. The van der Waals surface area contributed by atoms with Crippen molar-refractivity contribution in [3.8, 4) is 0 Å². The van der Waals surface area contributed by atoms with E-state index < -0.39 is 0 Å². The number of anilines is 2. The summed E-state index contributed by atoms with van der Waals surface area (Å²) in [6, 6.07) is 0. The van der Waals surface area contributed by atoms with Gasteiger partial charge in [-0.25, -0.2) is 0 Å². The first-order chi connectivity index (χ1) is 12.1. The van der Waals surface area contributed by atoms with Crippen LogP contribution >= 0.6 is 22.7 Å². The molecule has 0 atom stereocenters. The number of nitrogens with one attached hydrogen (secondary N) is 2. The maximum atomic E-state index is 11.7. The lowest BCUT2D eigenvalue weighted by molar-refractivity contribution is -0.117. The largest absolute Gasteiger partial charge is 0.301 e. The molecule has 0 saturated heterocycles. The van der Waals surface area contributed by atoms with E-state index in [-0.39, 0.29) is 11.8 Å². The molecule has 0 spiro atoms. The molecule has 10 heteroatoms. The maximum Gasteiger partial charge on any atom is 0.226 e. The minimum Gasteiger partial charge on any atom is -0.301 e. The van der Waals surface area contributed by atoms with Crippen molar-refractivity contribution in [1.29, 1.82) is 0 Å². The van der Waals surface area contributed by atoms with Crippen molar-refractivity contribution in [2.45, 2.75) is 58.8 Å². The number of amides is 2. The Balaban J connectivity index is 1.84. The lowest BCUT2D eigenvalue weighted by Crippen LogP contribution is -2.10. The highest BCUT2D eigenvalue weighted by molar-refractivity contribution is 7.16. The van der Waals surface area contributed by atoms with E-state index in [0.29, 0.717) is 29.5 Å². The third kappa shape index (κ3) is 6.83. The summed E-state index contributed by atoms with van der Waals surface area (Å²) in [4.78, 5) is 23.4. The Morgan fingerprint density at radius 2 is 1.24 bits per heavy atom. The molecule has 0 fully saturated rings. The highest BCUT2D eigenvalue weighted by atomic mass is 32.1. The van der Waals surface area contributed by atoms with E-state index >= 15 is 0 Å². The van der Waals surface area contributed by atoms with Gasteiger partial charge in [0.1, 0.15) is 10.0 Å². The molecule has 0 aromatic carbocycles. The molecule has 8 nitrogen and oxygen atoms in total. The summed E-state index contributed by atoms with van der Waals surface area (Å²) < 4.78 is 0. The zero-order chi connectivity index (χ0) is 18.1. The SMILES string of the molecule is CCCCC(=O)Nc1nnc(Cc2nnc(NC(=O)CCCC)s2)s1. The third-order valence-corrected chi connectivity index (χ3v) is 4.92. The van der Waals surface area contributed by atoms with E-state index in [9.17, 15) is 9.59 Å². The molecule has 2 aromatic heterocycles. The van der Waals surface area contributed by atoms with Gasteiger partial charge in [-0.05, 0) is 12.8 Å². The Kier molecular flexibility index (Phi) is 7.86. The number of unbranched alkanes of at least 4 members (excludes halogenated alkanes) is 2. The first-order valence-corrected chi connectivity index (χ1v) is 9.98. The van der Waals surface area contributed by atoms with E-state index in [1.165, 1.54) is 22.7 Å². The standard InChI is InChI=1S/C15H22N6O2S2/c1-3-5-7-10(22)16-14-20-18-12(24-14)9-13-19-21-15(25-13)17-11(23)8-6-4-2/h3-9H2,1-2H3,(H,16,20,22)(H,17,21,23). The van der Waals surface area contributed by atoms with E-state index in [1.54, 1.807) is 0 Å². The molecule has 0 unspecified atom stereocenters. The molecule has 2 rings (SSSR count). The predicted octanol–water partition coefficient (Wildman–Crippen LogP) is 3.24. The molecule has 2 N–H and O–H groups in total. The third-order valence-electron chi connectivity index (χ3n) is 3.24. The fourth-order valence-electron chi connectivity index (χ4n) is 1.92. The van der Waals surface area contributed by atoms with Gasteiger partial charge in [-0.15, -0.1) is 20.4 Å². The first-order valence-electron chi connectivity index (χ1n) is 8.35. The van der Waals surface area contributed by atoms with E-state index in [0.717, 1.165) is 35.7 Å². The summed E-state index contributed by atoms with van der Waals surface area (Å²) in [6.07, 6.45) is 5.12. The topological polar surface area (TPSA) is 110 Å². The molecule has 2 amide bonds. The molecule has 0 aliphatic rings. The minimum atomic E-state index is -0.0439. The average Bonchev–Trinajstić information content (AvgIpc) is 3.21. The van der Waals surface area contributed by atoms with Crippen LogP contribution < -0.4 is 10.6 Å². The predicted molar refractivity (Wildman–Crippen MR) is 98.9 cm³/mol. The molecular weight excluding hydrogens is 360 g/mol. The number of aromatic nitrogens is 4. The van der Waals surface area contributed by atoms with E-state index in [2.05, 4.69) is 31.0 Å². The monoisotopic (exact) mass is 382 g/mol. The van der Waals surface area contributed by atoms with Crippen LogP contribution in [0.5, 0.6) is 0 Å². The van der Waals surface area contributed by atoms with Crippen LogP contribution in [-0.4, -0.2) is 32.2 Å². The number of hydrogen-bond acceptors (Lipinski definition) is 8. The second kappa shape index (κ2) is 10.1. The number of carbonyl (C=O) groups is 2. The number of nitrogens with zero attached hydrogens (tertiary/aromatic N) is 4. The Morgan fingerprint density at radius 1 is 0.800 bits per heavy atom. The first kappa shape index (κ1) is 19.4. The molecule has 25 heavy (non-hydrogen) atoms. The molecule has 0 bridgehead atoms. The molecule has 2 heterocycles. The zero-order valence-electron chi connectivity index (χ0n) is 14.4. The van der Waals surface area contributed by atoms with Crippen LogP contribution in [0, 0.1) is 0 Å². The van der Waals surface area contributed by atoms with Crippen LogP contribution in [0.1, 0.15) is 62.4 Å². The highest BCUT2D eigenvalue weighted by Gasteiger charge is 2.12. The summed E-state index contributed by atoms with van der Waals surface area (Å²) in [7, 11) is 0. The zero-order valence-corrected chi connectivity index (χ0v) is 16.0. The van der Waals surface area contributed by atoms with Crippen molar-refractivity contribution in [3.05, 3.63) is 10.0 Å². The quantitative estimate of drug-likeness (QED) is 0.653. The van der Waals surface area contributed by atoms with Gasteiger partial charge >= 0.3 is 0 Å². The van der Waals surface area contributed by atoms with Crippen LogP contribution in [0.15, 0.2) is 0 Å². The summed E-state index contributed by atoms with van der Waals surface area (Å²) in [5.41, 5.74) is 0. The molecule has 2 aromatic rings. The lowest BCUT2D eigenvalue weighted by atomic mass is 10.2. The fraction of sp³-hybridized carbons (Fsp3) is 0.600. The van der Waals surface area contributed by atoms with Gasteiger partial charge in [0.25, 0.3) is 0 Å².